The maximum atomic E-state index is 2.31. The summed E-state index contributed by atoms with van der Waals surface area (Å²) in [6.45, 7) is 11.5. The first-order valence-corrected chi connectivity index (χ1v) is 9.22. The van der Waals surface area contributed by atoms with E-state index in [1.54, 1.807) is 0 Å². The molecule has 0 amide bonds. The zero-order valence-electron chi connectivity index (χ0n) is 10.7. The molecule has 14 heavy (non-hydrogen) atoms. The van der Waals surface area contributed by atoms with Gasteiger partial charge in [0.05, 0.1) is 0 Å². The first kappa shape index (κ1) is 17.7. The molecule has 0 unspecified atom stereocenters. The van der Waals surface area contributed by atoms with Gasteiger partial charge in [0.1, 0.15) is 0 Å². The number of hydrogen-bond acceptors (Lipinski definition) is 0. The molecule has 0 aromatic heterocycles. The van der Waals surface area contributed by atoms with Gasteiger partial charge >= 0.3 is 46.5 Å². The van der Waals surface area contributed by atoms with E-state index >= 15 is 0 Å². The van der Waals surface area contributed by atoms with Crippen LogP contribution >= 0.6 is 0 Å². The fourth-order valence-electron chi connectivity index (χ4n) is 0.907. The van der Waals surface area contributed by atoms with Crippen molar-refractivity contribution < 1.29 is 0 Å². The third kappa shape index (κ3) is 23.3. The topological polar surface area (TPSA) is 0 Å². The van der Waals surface area contributed by atoms with Crippen molar-refractivity contribution in [2.75, 3.05) is 0 Å². The minimum absolute atomic E-state index is 0.755. The van der Waals surface area contributed by atoms with Crippen LogP contribution in [0.5, 0.6) is 0 Å². The first-order chi connectivity index (χ1) is 6.54. The van der Waals surface area contributed by atoms with Crippen LogP contribution in [0.2, 0.25) is 15.0 Å². The Kier molecular flexibility index (Phi) is 18.1. The van der Waals surface area contributed by atoms with Gasteiger partial charge in [-0.25, -0.2) is 0 Å². The van der Waals surface area contributed by atoms with E-state index in [-0.39, 0.29) is 0 Å². The van der Waals surface area contributed by atoms with Crippen molar-refractivity contribution in [1.82, 2.24) is 0 Å². The molecule has 0 aromatic carbocycles. The fraction of sp³-hybridized carbons (Fsp3) is 1.00. The van der Waals surface area contributed by atoms with E-state index in [2.05, 4.69) is 56.9 Å². The van der Waals surface area contributed by atoms with Crippen LogP contribution in [0.4, 0.5) is 0 Å². The second-order valence-corrected chi connectivity index (χ2v) is 7.29. The first-order valence-electron chi connectivity index (χ1n) is 5.94. The van der Waals surface area contributed by atoms with Gasteiger partial charge in [0.2, 0.25) is 15.2 Å². The molecule has 2 heteroatoms. The van der Waals surface area contributed by atoms with Crippen LogP contribution in [-0.4, -0.2) is 37.5 Å². The fourth-order valence-corrected chi connectivity index (χ4v) is 3.26. The van der Waals surface area contributed by atoms with Crippen molar-refractivity contribution in [2.45, 2.75) is 62.5 Å². The summed E-state index contributed by atoms with van der Waals surface area (Å²) in [5.74, 6) is 1.86. The van der Waals surface area contributed by atoms with Gasteiger partial charge in [-0.2, -0.15) is 0 Å². The third-order valence-corrected chi connectivity index (χ3v) is 5.15. The summed E-state index contributed by atoms with van der Waals surface area (Å²) in [4.78, 5) is 0. The average Bonchev–Trinajstić information content (AvgIpc) is 2.05. The summed E-state index contributed by atoms with van der Waals surface area (Å²) < 4.78 is 1.35. The van der Waals surface area contributed by atoms with Crippen molar-refractivity contribution >= 4 is 37.5 Å². The normalized spacial score (nSPS) is 10.0. The van der Waals surface area contributed by atoms with E-state index in [1.807, 2.05) is 0 Å². The van der Waals surface area contributed by atoms with Gasteiger partial charge in [0.25, 0.3) is 0 Å². The summed E-state index contributed by atoms with van der Waals surface area (Å²) >= 11 is 2.91. The molecule has 0 bridgehead atoms. The molecule has 2 radical (unpaired) electrons. The Morgan fingerprint density at radius 2 is 1.43 bits per heavy atom. The van der Waals surface area contributed by atoms with Crippen molar-refractivity contribution in [1.29, 1.82) is 0 Å². The molecular formula is C12H27AlTe. The Hall–Kier alpha value is 1.32. The molecule has 0 aromatic rings. The van der Waals surface area contributed by atoms with E-state index in [4.69, 9.17) is 0 Å². The van der Waals surface area contributed by atoms with Gasteiger partial charge in [0.15, 0.2) is 0 Å². The van der Waals surface area contributed by atoms with Crippen LogP contribution in [0.25, 0.3) is 0 Å². The maximum absolute atomic E-state index is 2.31. The van der Waals surface area contributed by atoms with Crippen molar-refractivity contribution in [3.63, 3.8) is 0 Å². The minimum atomic E-state index is 0.755. The standard InChI is InChI=1S/C4H9Te.2C4H9.Al/c1-2-3-4-5;2*1-4(2)3;/h2-4H2,1H3;2*4H,1H2,2-3H3;. The van der Waals surface area contributed by atoms with Crippen LogP contribution in [-0.2, 0) is 0 Å². The van der Waals surface area contributed by atoms with E-state index in [9.17, 15) is 0 Å². The molecule has 0 N–H and O–H groups in total. The SMILES string of the molecule is CC(C)[CH2][Al][CH2]C(C)C.CCCC[Te]. The molecule has 0 nitrogen and oxygen atoms in total. The summed E-state index contributed by atoms with van der Waals surface area (Å²) in [6, 6.07) is 0. The van der Waals surface area contributed by atoms with Gasteiger partial charge in [-0.15, -0.1) is 10.6 Å². The molecule has 0 saturated heterocycles. The molecular weight excluding hydrogens is 299 g/mol. The van der Waals surface area contributed by atoms with Crippen molar-refractivity contribution in [2.24, 2.45) is 11.8 Å². The Morgan fingerprint density at radius 3 is 1.57 bits per heavy atom. The van der Waals surface area contributed by atoms with Gasteiger partial charge in [0, 0.05) is 0 Å². The summed E-state index contributed by atoms with van der Waals surface area (Å²) in [6.07, 6.45) is 2.74. The van der Waals surface area contributed by atoms with Crippen LogP contribution in [0.15, 0.2) is 0 Å². The molecule has 84 valence electrons. The van der Waals surface area contributed by atoms with E-state index in [0.29, 0.717) is 0 Å². The number of unbranched alkanes of at least 4 members (excludes halogenated alkanes) is 1. The van der Waals surface area contributed by atoms with E-state index < -0.39 is 0 Å². The average molecular weight is 326 g/mol. The molecule has 0 aliphatic carbocycles. The Bertz CT molecular complexity index is 82.3. The number of rotatable bonds is 6. The number of hydrogen-bond donors (Lipinski definition) is 0. The Morgan fingerprint density at radius 1 is 1.00 bits per heavy atom. The molecule has 0 heterocycles. The predicted molar refractivity (Wildman–Crippen MR) is 70.5 cm³/mol. The van der Waals surface area contributed by atoms with Gasteiger partial charge in [-0.3, -0.25) is 0 Å². The Labute approximate surface area is 111 Å². The second kappa shape index (κ2) is 14.3. The quantitative estimate of drug-likeness (QED) is 0.642. The molecule has 0 spiro atoms. The van der Waals surface area contributed by atoms with Crippen LogP contribution in [0, 0.1) is 11.8 Å². The molecule has 0 aliphatic heterocycles. The van der Waals surface area contributed by atoms with Gasteiger partial charge < -0.3 is 0 Å². The van der Waals surface area contributed by atoms with Crippen LogP contribution in [0.1, 0.15) is 47.5 Å². The second-order valence-electron chi connectivity index (χ2n) is 4.61. The monoisotopic (exact) mass is 328 g/mol. The molecule has 0 rings (SSSR count). The van der Waals surface area contributed by atoms with Gasteiger partial charge in [-0.1, -0.05) is 39.5 Å². The zero-order valence-corrected chi connectivity index (χ0v) is 14.2. The van der Waals surface area contributed by atoms with Crippen molar-refractivity contribution in [3.05, 3.63) is 0 Å². The molecule has 0 fully saturated rings. The van der Waals surface area contributed by atoms with Gasteiger partial charge in [-0.05, 0) is 0 Å². The van der Waals surface area contributed by atoms with Crippen LogP contribution in [0.3, 0.4) is 0 Å². The van der Waals surface area contributed by atoms with E-state index in [1.165, 1.54) is 27.9 Å². The van der Waals surface area contributed by atoms with Crippen molar-refractivity contribution in [3.8, 4) is 0 Å². The third-order valence-electron chi connectivity index (χ3n) is 1.77. The Balaban J connectivity index is 0. The summed E-state index contributed by atoms with van der Waals surface area (Å²) in [5, 5.41) is 2.97. The molecule has 0 saturated carbocycles. The predicted octanol–water partition coefficient (Wildman–Crippen LogP) is 4.21. The zero-order chi connectivity index (χ0) is 11.4. The molecule has 0 aliphatic rings. The van der Waals surface area contributed by atoms with Crippen LogP contribution < -0.4 is 0 Å². The summed E-state index contributed by atoms with van der Waals surface area (Å²) in [7, 11) is 0. The summed E-state index contributed by atoms with van der Waals surface area (Å²) in [5.41, 5.74) is 0. The van der Waals surface area contributed by atoms with E-state index in [0.717, 1.165) is 27.1 Å². The molecule has 0 atom stereocenters.